The van der Waals surface area contributed by atoms with E-state index >= 15 is 0 Å². The normalized spacial score (nSPS) is 11.3. The maximum atomic E-state index is 13.1. The molecule has 0 aliphatic heterocycles. The van der Waals surface area contributed by atoms with Crippen molar-refractivity contribution in [3.05, 3.63) is 86.8 Å². The van der Waals surface area contributed by atoms with Crippen LogP contribution in [0.3, 0.4) is 0 Å². The molecule has 1 heterocycles. The van der Waals surface area contributed by atoms with Gasteiger partial charge in [0, 0.05) is 16.4 Å². The summed E-state index contributed by atoms with van der Waals surface area (Å²) in [5.74, 6) is -0.426. The first-order valence-corrected chi connectivity index (χ1v) is 11.0. The Morgan fingerprint density at radius 1 is 1.03 bits per heavy atom. The van der Waals surface area contributed by atoms with Crippen molar-refractivity contribution in [1.82, 2.24) is 4.57 Å². The predicted molar refractivity (Wildman–Crippen MR) is 117 cm³/mol. The molecule has 0 unspecified atom stereocenters. The molecule has 0 fully saturated rings. The number of hydrogen-bond donors (Lipinski definition) is 1. The van der Waals surface area contributed by atoms with Gasteiger partial charge in [0.2, 0.25) is 15.7 Å². The number of amides is 1. The molecule has 1 amide bonds. The fraction of sp³-hybridized carbons (Fsp3) is 0.182. The third kappa shape index (κ3) is 4.47. The molecule has 2 aromatic carbocycles. The monoisotopic (exact) mass is 444 g/mol. The fourth-order valence-electron chi connectivity index (χ4n) is 3.23. The van der Waals surface area contributed by atoms with Crippen LogP contribution in [0.15, 0.2) is 69.2 Å². The first kappa shape index (κ1) is 21.8. The molecule has 3 rings (SSSR count). The van der Waals surface area contributed by atoms with Crippen molar-refractivity contribution in [1.29, 1.82) is 0 Å². The van der Waals surface area contributed by atoms with Crippen LogP contribution in [0.25, 0.3) is 0 Å². The van der Waals surface area contributed by atoms with Crippen LogP contribution >= 0.6 is 11.6 Å². The minimum atomic E-state index is -4.08. The van der Waals surface area contributed by atoms with Gasteiger partial charge in [0.1, 0.15) is 11.4 Å². The highest BCUT2D eigenvalue weighted by Crippen LogP contribution is 2.23. The van der Waals surface area contributed by atoms with Gasteiger partial charge in [-0.25, -0.2) is 8.42 Å². The number of carbonyl (C=O) groups is 1. The number of carbonyl (C=O) groups excluding carboxylic acids is 1. The highest BCUT2D eigenvalue weighted by atomic mass is 35.5. The van der Waals surface area contributed by atoms with Gasteiger partial charge in [0.25, 0.3) is 5.56 Å². The number of aromatic nitrogens is 1. The Hall–Kier alpha value is -2.90. The molecule has 1 N–H and O–H groups in total. The standard InChI is InChI=1S/C22H21ClN2O4S/c1-14-5-4-6-18(11-14)24-20(26)13-25-16(3)12-15(2)21(22(25)27)30(28,29)19-9-7-17(23)8-10-19/h4-12H,13H2,1-3H3,(H,24,26). The molecule has 156 valence electrons. The van der Waals surface area contributed by atoms with E-state index < -0.39 is 21.3 Å². The quantitative estimate of drug-likeness (QED) is 0.646. The van der Waals surface area contributed by atoms with Crippen molar-refractivity contribution in [2.24, 2.45) is 0 Å². The number of pyridine rings is 1. The highest BCUT2D eigenvalue weighted by Gasteiger charge is 2.26. The van der Waals surface area contributed by atoms with Gasteiger partial charge in [-0.3, -0.25) is 9.59 Å². The molecule has 1 aromatic heterocycles. The van der Waals surface area contributed by atoms with Crippen LogP contribution < -0.4 is 10.9 Å². The lowest BCUT2D eigenvalue weighted by Gasteiger charge is -2.15. The Morgan fingerprint density at radius 2 is 1.70 bits per heavy atom. The summed E-state index contributed by atoms with van der Waals surface area (Å²) in [4.78, 5) is 25.2. The van der Waals surface area contributed by atoms with E-state index in [1.165, 1.54) is 28.8 Å². The maximum absolute atomic E-state index is 13.1. The summed E-state index contributed by atoms with van der Waals surface area (Å²) in [6.45, 7) is 4.82. The van der Waals surface area contributed by atoms with Gasteiger partial charge in [-0.05, 0) is 74.4 Å². The van der Waals surface area contributed by atoms with E-state index in [-0.39, 0.29) is 16.3 Å². The van der Waals surface area contributed by atoms with Crippen LogP contribution in [0.4, 0.5) is 5.69 Å². The molecule has 0 radical (unpaired) electrons. The summed E-state index contributed by atoms with van der Waals surface area (Å²) < 4.78 is 27.4. The fourth-order valence-corrected chi connectivity index (χ4v) is 4.91. The SMILES string of the molecule is Cc1cccc(NC(=O)Cn2c(C)cc(C)c(S(=O)(=O)c3ccc(Cl)cc3)c2=O)c1. The van der Waals surface area contributed by atoms with Crippen molar-refractivity contribution in [3.63, 3.8) is 0 Å². The third-order valence-electron chi connectivity index (χ3n) is 4.64. The third-order valence-corrected chi connectivity index (χ3v) is 6.82. The smallest absolute Gasteiger partial charge is 0.270 e. The average molecular weight is 445 g/mol. The number of nitrogens with zero attached hydrogens (tertiary/aromatic N) is 1. The molecule has 0 aliphatic carbocycles. The number of halogens is 1. The van der Waals surface area contributed by atoms with Crippen molar-refractivity contribution < 1.29 is 13.2 Å². The summed E-state index contributed by atoms with van der Waals surface area (Å²) >= 11 is 5.84. The van der Waals surface area contributed by atoms with Crippen molar-refractivity contribution in [2.45, 2.75) is 37.1 Å². The first-order valence-electron chi connectivity index (χ1n) is 9.18. The first-order chi connectivity index (χ1) is 14.1. The summed E-state index contributed by atoms with van der Waals surface area (Å²) in [5.41, 5.74) is 1.66. The predicted octanol–water partition coefficient (Wildman–Crippen LogP) is 3.90. The Bertz CT molecular complexity index is 1280. The van der Waals surface area contributed by atoms with Crippen LogP contribution in [-0.4, -0.2) is 18.9 Å². The zero-order valence-corrected chi connectivity index (χ0v) is 18.3. The summed E-state index contributed by atoms with van der Waals surface area (Å²) in [5, 5.41) is 3.12. The summed E-state index contributed by atoms with van der Waals surface area (Å²) in [6.07, 6.45) is 0. The van der Waals surface area contributed by atoms with Crippen LogP contribution in [-0.2, 0) is 21.2 Å². The van der Waals surface area contributed by atoms with E-state index in [4.69, 9.17) is 11.6 Å². The largest absolute Gasteiger partial charge is 0.325 e. The van der Waals surface area contributed by atoms with Gasteiger partial charge in [0.15, 0.2) is 0 Å². The van der Waals surface area contributed by atoms with Crippen LogP contribution in [0, 0.1) is 20.8 Å². The lowest BCUT2D eigenvalue weighted by molar-refractivity contribution is -0.116. The maximum Gasteiger partial charge on any atom is 0.270 e. The van der Waals surface area contributed by atoms with Gasteiger partial charge >= 0.3 is 0 Å². The second kappa shape index (κ2) is 8.45. The van der Waals surface area contributed by atoms with Gasteiger partial charge in [0.05, 0.1) is 4.90 Å². The lowest BCUT2D eigenvalue weighted by atomic mass is 10.2. The highest BCUT2D eigenvalue weighted by molar-refractivity contribution is 7.91. The number of rotatable bonds is 5. The lowest BCUT2D eigenvalue weighted by Crippen LogP contribution is -2.33. The van der Waals surface area contributed by atoms with E-state index in [9.17, 15) is 18.0 Å². The molecule has 8 heteroatoms. The molecular formula is C22H21ClN2O4S. The van der Waals surface area contributed by atoms with E-state index in [0.717, 1.165) is 5.56 Å². The van der Waals surface area contributed by atoms with E-state index in [0.29, 0.717) is 22.0 Å². The van der Waals surface area contributed by atoms with Crippen LogP contribution in [0.1, 0.15) is 16.8 Å². The van der Waals surface area contributed by atoms with Crippen LogP contribution in [0.5, 0.6) is 0 Å². The summed E-state index contributed by atoms with van der Waals surface area (Å²) in [7, 11) is -4.08. The Kier molecular flexibility index (Phi) is 6.14. The molecular weight excluding hydrogens is 424 g/mol. The molecule has 3 aromatic rings. The summed E-state index contributed by atoms with van der Waals surface area (Å²) in [6, 6.07) is 14.5. The molecule has 0 bridgehead atoms. The second-order valence-corrected chi connectivity index (χ2v) is 9.39. The van der Waals surface area contributed by atoms with Crippen LogP contribution in [0.2, 0.25) is 5.02 Å². The van der Waals surface area contributed by atoms with E-state index in [1.807, 2.05) is 19.1 Å². The topological polar surface area (TPSA) is 85.2 Å². The number of anilines is 1. The van der Waals surface area contributed by atoms with Gasteiger partial charge in [-0.15, -0.1) is 0 Å². The van der Waals surface area contributed by atoms with Crippen molar-refractivity contribution >= 4 is 33.0 Å². The Labute approximate surface area is 180 Å². The zero-order chi connectivity index (χ0) is 22.1. The van der Waals surface area contributed by atoms with E-state index in [1.54, 1.807) is 32.0 Å². The van der Waals surface area contributed by atoms with E-state index in [2.05, 4.69) is 5.32 Å². The molecule has 0 spiro atoms. The second-order valence-electron chi connectivity index (χ2n) is 7.06. The minimum absolute atomic E-state index is 0.0354. The molecule has 0 saturated heterocycles. The van der Waals surface area contributed by atoms with Gasteiger partial charge < -0.3 is 9.88 Å². The number of sulfone groups is 1. The average Bonchev–Trinajstić information content (AvgIpc) is 2.65. The molecule has 0 saturated carbocycles. The van der Waals surface area contributed by atoms with Gasteiger partial charge in [-0.1, -0.05) is 23.7 Å². The molecule has 0 atom stereocenters. The minimum Gasteiger partial charge on any atom is -0.325 e. The molecule has 0 aliphatic rings. The van der Waals surface area contributed by atoms with Gasteiger partial charge in [-0.2, -0.15) is 0 Å². The van der Waals surface area contributed by atoms with Crippen molar-refractivity contribution in [3.8, 4) is 0 Å². The number of aryl methyl sites for hydroxylation is 3. The number of benzene rings is 2. The molecule has 6 nitrogen and oxygen atoms in total. The Morgan fingerprint density at radius 3 is 2.33 bits per heavy atom. The number of hydrogen-bond acceptors (Lipinski definition) is 4. The Balaban J connectivity index is 2.00. The zero-order valence-electron chi connectivity index (χ0n) is 16.8. The number of nitrogens with one attached hydrogen (secondary N) is 1. The molecule has 30 heavy (non-hydrogen) atoms. The van der Waals surface area contributed by atoms with Crippen molar-refractivity contribution in [2.75, 3.05) is 5.32 Å².